The van der Waals surface area contributed by atoms with Gasteiger partial charge in [-0.2, -0.15) is 4.98 Å². The summed E-state index contributed by atoms with van der Waals surface area (Å²) in [4.78, 5) is 9.16. The highest BCUT2D eigenvalue weighted by atomic mass is 16.5. The number of hydrogen-bond acceptors (Lipinski definition) is 5. The van der Waals surface area contributed by atoms with Crippen LogP contribution in [0.15, 0.2) is 12.1 Å². The number of likely N-dealkylation sites (N-methyl/N-ethyl adjacent to an activating group) is 1. The lowest BCUT2D eigenvalue weighted by atomic mass is 10.3. The summed E-state index contributed by atoms with van der Waals surface area (Å²) in [5.41, 5.74) is 6.45. The molecule has 1 saturated heterocycles. The molecule has 1 fully saturated rings. The Labute approximate surface area is 109 Å². The van der Waals surface area contributed by atoms with Gasteiger partial charge in [0.15, 0.2) is 0 Å². The van der Waals surface area contributed by atoms with Crippen molar-refractivity contribution in [2.24, 2.45) is 0 Å². The first-order valence-corrected chi connectivity index (χ1v) is 6.53. The second-order valence-corrected chi connectivity index (χ2v) is 4.64. The Morgan fingerprint density at radius 1 is 1.28 bits per heavy atom. The van der Waals surface area contributed by atoms with Crippen molar-refractivity contribution in [1.29, 1.82) is 0 Å². The van der Waals surface area contributed by atoms with E-state index in [4.69, 9.17) is 10.5 Å². The van der Waals surface area contributed by atoms with Gasteiger partial charge in [0.1, 0.15) is 5.82 Å². The van der Waals surface area contributed by atoms with Crippen molar-refractivity contribution in [2.75, 3.05) is 50.5 Å². The Kier molecular flexibility index (Phi) is 4.25. The zero-order valence-electron chi connectivity index (χ0n) is 11.2. The number of nitrogen functional groups attached to an aromatic ring is 1. The van der Waals surface area contributed by atoms with Crippen molar-refractivity contribution in [3.05, 3.63) is 12.1 Å². The minimum Gasteiger partial charge on any atom is -0.476 e. The number of hydrogen-bond donors (Lipinski definition) is 1. The van der Waals surface area contributed by atoms with Gasteiger partial charge >= 0.3 is 0 Å². The molecule has 0 amide bonds. The van der Waals surface area contributed by atoms with Crippen molar-refractivity contribution >= 4 is 11.5 Å². The summed E-state index contributed by atoms with van der Waals surface area (Å²) in [6.45, 7) is 6.77. The van der Waals surface area contributed by atoms with Gasteiger partial charge in [-0.3, -0.25) is 0 Å². The molecule has 1 aliphatic rings. The average molecular weight is 250 g/mol. The number of nitrogens with two attached hydrogens (primary N) is 1. The lowest BCUT2D eigenvalue weighted by Gasteiger charge is -2.22. The van der Waals surface area contributed by atoms with Crippen LogP contribution in [0.3, 0.4) is 0 Å². The normalized spacial score (nSPS) is 17.6. The maximum Gasteiger partial charge on any atom is 0.239 e. The van der Waals surface area contributed by atoms with Crippen molar-refractivity contribution in [3.8, 4) is 5.88 Å². The summed E-state index contributed by atoms with van der Waals surface area (Å²) in [7, 11) is 2.16. The SMILES string of the molecule is CCOc1nc(N2CCCN(C)CC2)ccc1N. The Balaban J connectivity index is 2.14. The summed E-state index contributed by atoms with van der Waals surface area (Å²) < 4.78 is 5.45. The Bertz CT molecular complexity index is 397. The van der Waals surface area contributed by atoms with Crippen molar-refractivity contribution in [1.82, 2.24) is 9.88 Å². The van der Waals surface area contributed by atoms with Crippen LogP contribution in [0.25, 0.3) is 0 Å². The number of nitrogens with zero attached hydrogens (tertiary/aromatic N) is 3. The first-order chi connectivity index (χ1) is 8.70. The predicted octanol–water partition coefficient (Wildman–Crippen LogP) is 1.20. The van der Waals surface area contributed by atoms with Crippen LogP contribution in [0.4, 0.5) is 11.5 Å². The number of anilines is 2. The van der Waals surface area contributed by atoms with Gasteiger partial charge in [-0.25, -0.2) is 0 Å². The third kappa shape index (κ3) is 3.04. The van der Waals surface area contributed by atoms with E-state index in [-0.39, 0.29) is 0 Å². The molecular weight excluding hydrogens is 228 g/mol. The molecule has 100 valence electrons. The molecule has 5 nitrogen and oxygen atoms in total. The summed E-state index contributed by atoms with van der Waals surface area (Å²) in [6, 6.07) is 3.85. The second-order valence-electron chi connectivity index (χ2n) is 4.64. The quantitative estimate of drug-likeness (QED) is 0.873. The smallest absolute Gasteiger partial charge is 0.239 e. The van der Waals surface area contributed by atoms with Crippen LogP contribution >= 0.6 is 0 Å². The zero-order valence-corrected chi connectivity index (χ0v) is 11.2. The van der Waals surface area contributed by atoms with E-state index in [1.807, 2.05) is 19.1 Å². The van der Waals surface area contributed by atoms with Crippen LogP contribution in [0.5, 0.6) is 5.88 Å². The molecule has 1 aromatic rings. The predicted molar refractivity (Wildman–Crippen MR) is 74.1 cm³/mol. The molecule has 1 aromatic heterocycles. The maximum atomic E-state index is 5.84. The largest absolute Gasteiger partial charge is 0.476 e. The number of aromatic nitrogens is 1. The first kappa shape index (κ1) is 13.0. The molecule has 1 aliphatic heterocycles. The highest BCUT2D eigenvalue weighted by Crippen LogP contribution is 2.23. The van der Waals surface area contributed by atoms with E-state index in [1.54, 1.807) is 0 Å². The van der Waals surface area contributed by atoms with Crippen LogP contribution in [0.1, 0.15) is 13.3 Å². The van der Waals surface area contributed by atoms with Gasteiger partial charge in [0, 0.05) is 19.6 Å². The topological polar surface area (TPSA) is 54.6 Å². The van der Waals surface area contributed by atoms with Gasteiger partial charge in [-0.15, -0.1) is 0 Å². The van der Waals surface area contributed by atoms with Gasteiger partial charge < -0.3 is 20.3 Å². The third-order valence-corrected chi connectivity index (χ3v) is 3.20. The lowest BCUT2D eigenvalue weighted by Crippen LogP contribution is -2.29. The van der Waals surface area contributed by atoms with E-state index < -0.39 is 0 Å². The molecule has 2 rings (SSSR count). The molecule has 0 bridgehead atoms. The van der Waals surface area contributed by atoms with Gasteiger partial charge in [0.05, 0.1) is 12.3 Å². The van der Waals surface area contributed by atoms with Crippen molar-refractivity contribution in [2.45, 2.75) is 13.3 Å². The summed E-state index contributed by atoms with van der Waals surface area (Å²) in [5, 5.41) is 0. The molecular formula is C13H22N4O. The van der Waals surface area contributed by atoms with Gasteiger partial charge in [0.2, 0.25) is 5.88 Å². The Morgan fingerprint density at radius 3 is 2.89 bits per heavy atom. The zero-order chi connectivity index (χ0) is 13.0. The molecule has 0 atom stereocenters. The molecule has 0 spiro atoms. The average Bonchev–Trinajstić information content (AvgIpc) is 2.57. The lowest BCUT2D eigenvalue weighted by molar-refractivity contribution is 0.329. The van der Waals surface area contributed by atoms with Gasteiger partial charge in [0.25, 0.3) is 0 Å². The van der Waals surface area contributed by atoms with Gasteiger partial charge in [-0.05, 0) is 39.1 Å². The van der Waals surface area contributed by atoms with Crippen LogP contribution in [-0.2, 0) is 0 Å². The summed E-state index contributed by atoms with van der Waals surface area (Å²) >= 11 is 0. The third-order valence-electron chi connectivity index (χ3n) is 3.20. The van der Waals surface area contributed by atoms with Crippen LogP contribution in [0, 0.1) is 0 Å². The van der Waals surface area contributed by atoms with E-state index in [9.17, 15) is 0 Å². The molecule has 5 heteroatoms. The van der Waals surface area contributed by atoms with E-state index in [0.29, 0.717) is 18.2 Å². The number of rotatable bonds is 3. The highest BCUT2D eigenvalue weighted by molar-refractivity contribution is 5.54. The number of ether oxygens (including phenoxy) is 1. The van der Waals surface area contributed by atoms with Crippen molar-refractivity contribution < 1.29 is 4.74 Å². The minimum absolute atomic E-state index is 0.549. The molecule has 0 unspecified atom stereocenters. The molecule has 18 heavy (non-hydrogen) atoms. The fraction of sp³-hybridized carbons (Fsp3) is 0.615. The van der Waals surface area contributed by atoms with E-state index in [1.165, 1.54) is 0 Å². The highest BCUT2D eigenvalue weighted by Gasteiger charge is 2.15. The second kappa shape index (κ2) is 5.91. The van der Waals surface area contributed by atoms with Crippen molar-refractivity contribution in [3.63, 3.8) is 0 Å². The molecule has 0 saturated carbocycles. The van der Waals surface area contributed by atoms with E-state index >= 15 is 0 Å². The first-order valence-electron chi connectivity index (χ1n) is 6.53. The Hall–Kier alpha value is -1.49. The van der Waals surface area contributed by atoms with E-state index in [2.05, 4.69) is 21.8 Å². The summed E-state index contributed by atoms with van der Waals surface area (Å²) in [6.07, 6.45) is 1.16. The molecule has 2 N–H and O–H groups in total. The molecule has 0 aliphatic carbocycles. The van der Waals surface area contributed by atoms with Crippen LogP contribution in [0.2, 0.25) is 0 Å². The van der Waals surface area contributed by atoms with Crippen LogP contribution < -0.4 is 15.4 Å². The number of pyridine rings is 1. The van der Waals surface area contributed by atoms with Gasteiger partial charge in [-0.1, -0.05) is 0 Å². The van der Waals surface area contributed by atoms with E-state index in [0.717, 1.165) is 38.4 Å². The fourth-order valence-electron chi connectivity index (χ4n) is 2.15. The minimum atomic E-state index is 0.549. The van der Waals surface area contributed by atoms with Crippen LogP contribution in [-0.4, -0.2) is 49.7 Å². The summed E-state index contributed by atoms with van der Waals surface area (Å²) in [5.74, 6) is 1.51. The monoisotopic (exact) mass is 250 g/mol. The molecule has 2 heterocycles. The Morgan fingerprint density at radius 2 is 2.11 bits per heavy atom. The fourth-order valence-corrected chi connectivity index (χ4v) is 2.15. The molecule has 0 aromatic carbocycles. The maximum absolute atomic E-state index is 5.84. The standard InChI is InChI=1S/C13H22N4O/c1-3-18-13-11(14)5-6-12(15-13)17-8-4-7-16(2)9-10-17/h5-6H,3-4,7-10,14H2,1-2H3. The molecule has 0 radical (unpaired) electrons.